The average molecular weight is 364 g/mol. The van der Waals surface area contributed by atoms with Crippen LogP contribution in [0.3, 0.4) is 0 Å². The minimum absolute atomic E-state index is 0.0982. The van der Waals surface area contributed by atoms with Crippen LogP contribution >= 0.6 is 0 Å². The Morgan fingerprint density at radius 1 is 0.963 bits per heavy atom. The normalized spacial score (nSPS) is 10.0. The molecule has 0 saturated heterocycles. The molecule has 6 heteroatoms. The highest BCUT2D eigenvalue weighted by Gasteiger charge is 2.16. The van der Waals surface area contributed by atoms with Crippen molar-refractivity contribution >= 4 is 28.9 Å². The van der Waals surface area contributed by atoms with E-state index in [-0.39, 0.29) is 18.4 Å². The zero-order valence-corrected chi connectivity index (χ0v) is 15.9. The summed E-state index contributed by atoms with van der Waals surface area (Å²) in [4.78, 5) is 27.9. The number of nitrogens with zero attached hydrogens (tertiary/aromatic N) is 3. The molecule has 6 nitrogen and oxygen atoms in total. The van der Waals surface area contributed by atoms with E-state index in [1.807, 2.05) is 30.3 Å². The van der Waals surface area contributed by atoms with Gasteiger partial charge in [-0.3, -0.25) is 9.59 Å². The minimum atomic E-state index is -0.287. The van der Waals surface area contributed by atoms with Crippen molar-refractivity contribution in [2.75, 3.05) is 34.8 Å². The fourth-order valence-corrected chi connectivity index (χ4v) is 2.79. The molecule has 2 amide bonds. The van der Waals surface area contributed by atoms with Gasteiger partial charge in [0.2, 0.25) is 11.8 Å². The summed E-state index contributed by atoms with van der Waals surface area (Å²) in [6, 6.07) is 16.2. The highest BCUT2D eigenvalue weighted by atomic mass is 16.2. The molecule has 1 N–H and O–H groups in total. The Morgan fingerprint density at radius 2 is 1.52 bits per heavy atom. The first-order valence-electron chi connectivity index (χ1n) is 8.91. The summed E-state index contributed by atoms with van der Waals surface area (Å²) < 4.78 is 0. The second-order valence-electron chi connectivity index (χ2n) is 6.03. The zero-order valence-electron chi connectivity index (χ0n) is 15.9. The summed E-state index contributed by atoms with van der Waals surface area (Å²) in [6.45, 7) is 7.33. The van der Waals surface area contributed by atoms with E-state index in [1.165, 1.54) is 11.8 Å². The highest BCUT2D eigenvalue weighted by Crippen LogP contribution is 2.19. The lowest BCUT2D eigenvalue weighted by molar-refractivity contribution is -0.120. The summed E-state index contributed by atoms with van der Waals surface area (Å²) in [6.07, 6.45) is 0. The molecule has 2 aromatic rings. The predicted molar refractivity (Wildman–Crippen MR) is 108 cm³/mol. The van der Waals surface area contributed by atoms with Crippen LogP contribution in [0, 0.1) is 11.3 Å². The molecule has 2 rings (SSSR count). The number of hydrogen-bond acceptors (Lipinski definition) is 4. The number of nitriles is 1. The topological polar surface area (TPSA) is 76.4 Å². The molecule has 0 aliphatic carbocycles. The summed E-state index contributed by atoms with van der Waals surface area (Å²) >= 11 is 0. The third-order valence-electron chi connectivity index (χ3n) is 4.27. The van der Waals surface area contributed by atoms with Crippen molar-refractivity contribution in [3.63, 3.8) is 0 Å². The summed E-state index contributed by atoms with van der Waals surface area (Å²) in [5.41, 5.74) is 2.86. The lowest BCUT2D eigenvalue weighted by Crippen LogP contribution is -2.36. The molecule has 0 aromatic heterocycles. The summed E-state index contributed by atoms with van der Waals surface area (Å²) in [5.74, 6) is -0.531. The van der Waals surface area contributed by atoms with Crippen molar-refractivity contribution in [2.24, 2.45) is 0 Å². The van der Waals surface area contributed by atoms with E-state index in [9.17, 15) is 9.59 Å². The maximum Gasteiger partial charge on any atom is 0.244 e. The number of amides is 2. The summed E-state index contributed by atoms with van der Waals surface area (Å²) in [7, 11) is 0. The maximum atomic E-state index is 12.4. The van der Waals surface area contributed by atoms with Crippen molar-refractivity contribution in [3.8, 4) is 6.07 Å². The van der Waals surface area contributed by atoms with Gasteiger partial charge in [-0.15, -0.1) is 0 Å². The van der Waals surface area contributed by atoms with E-state index in [4.69, 9.17) is 5.26 Å². The van der Waals surface area contributed by atoms with Gasteiger partial charge in [-0.1, -0.05) is 0 Å². The molecular formula is C21H24N4O2. The van der Waals surface area contributed by atoms with Gasteiger partial charge in [0, 0.05) is 37.1 Å². The van der Waals surface area contributed by atoms with Gasteiger partial charge in [0.15, 0.2) is 0 Å². The Kier molecular flexibility index (Phi) is 6.95. The first-order valence-corrected chi connectivity index (χ1v) is 8.91. The fourth-order valence-electron chi connectivity index (χ4n) is 2.79. The number of carbonyl (C=O) groups excluding carboxylic acids is 2. The molecular weight excluding hydrogens is 340 g/mol. The van der Waals surface area contributed by atoms with Gasteiger partial charge >= 0.3 is 0 Å². The number of hydrogen-bond donors (Lipinski definition) is 1. The van der Waals surface area contributed by atoms with Gasteiger partial charge in [-0.2, -0.15) is 5.26 Å². The smallest absolute Gasteiger partial charge is 0.244 e. The third-order valence-corrected chi connectivity index (χ3v) is 4.27. The van der Waals surface area contributed by atoms with Crippen LogP contribution in [0.25, 0.3) is 0 Å². The van der Waals surface area contributed by atoms with E-state index in [2.05, 4.69) is 24.1 Å². The molecule has 0 aliphatic rings. The van der Waals surface area contributed by atoms with Crippen LogP contribution < -0.4 is 15.1 Å². The molecule has 0 unspecified atom stereocenters. The van der Waals surface area contributed by atoms with Crippen LogP contribution in [0.2, 0.25) is 0 Å². The second-order valence-corrected chi connectivity index (χ2v) is 6.03. The molecule has 0 aliphatic heterocycles. The Labute approximate surface area is 160 Å². The third kappa shape index (κ3) is 5.32. The molecule has 0 fully saturated rings. The zero-order chi connectivity index (χ0) is 19.8. The molecule has 0 radical (unpaired) electrons. The van der Waals surface area contributed by atoms with Gasteiger partial charge in [0.1, 0.15) is 6.54 Å². The van der Waals surface area contributed by atoms with Crippen molar-refractivity contribution < 1.29 is 9.59 Å². The lowest BCUT2D eigenvalue weighted by Gasteiger charge is -2.22. The van der Waals surface area contributed by atoms with Crippen LogP contribution in [0.1, 0.15) is 26.3 Å². The first kappa shape index (κ1) is 20.0. The highest BCUT2D eigenvalue weighted by molar-refractivity contribution is 6.01. The molecule has 0 bridgehead atoms. The number of carbonyl (C=O) groups is 2. The monoisotopic (exact) mass is 364 g/mol. The number of benzene rings is 2. The van der Waals surface area contributed by atoms with Crippen molar-refractivity contribution in [3.05, 3.63) is 54.1 Å². The van der Waals surface area contributed by atoms with Crippen molar-refractivity contribution in [1.82, 2.24) is 0 Å². The first-order chi connectivity index (χ1) is 13.0. The molecule has 0 spiro atoms. The van der Waals surface area contributed by atoms with Crippen LogP contribution in [0.5, 0.6) is 0 Å². The molecule has 140 valence electrons. The molecule has 2 aromatic carbocycles. The van der Waals surface area contributed by atoms with E-state index in [0.717, 1.165) is 18.8 Å². The van der Waals surface area contributed by atoms with Gasteiger partial charge in [-0.25, -0.2) is 0 Å². The number of anilines is 3. The van der Waals surface area contributed by atoms with Gasteiger partial charge in [0.05, 0.1) is 11.6 Å². The van der Waals surface area contributed by atoms with E-state index >= 15 is 0 Å². The van der Waals surface area contributed by atoms with Gasteiger partial charge < -0.3 is 15.1 Å². The average Bonchev–Trinajstić information content (AvgIpc) is 2.68. The standard InChI is InChI=1S/C21H24N4O2/c1-4-24(5-2)19-12-8-18(9-13-19)23-21(27)15-25(16(3)26)20-10-6-17(14-22)7-11-20/h6-13H,4-5,15H2,1-3H3,(H,23,27). The van der Waals surface area contributed by atoms with Crippen LogP contribution in [0.4, 0.5) is 17.1 Å². The van der Waals surface area contributed by atoms with Crippen molar-refractivity contribution in [2.45, 2.75) is 20.8 Å². The quantitative estimate of drug-likeness (QED) is 0.817. The van der Waals surface area contributed by atoms with E-state index in [0.29, 0.717) is 16.9 Å². The van der Waals surface area contributed by atoms with Gasteiger partial charge in [-0.05, 0) is 62.4 Å². The number of nitrogens with one attached hydrogen (secondary N) is 1. The maximum absolute atomic E-state index is 12.4. The Balaban J connectivity index is 2.05. The predicted octanol–water partition coefficient (Wildman–Crippen LogP) is 3.40. The SMILES string of the molecule is CCN(CC)c1ccc(NC(=O)CN(C(C)=O)c2ccc(C#N)cc2)cc1. The van der Waals surface area contributed by atoms with Crippen LogP contribution in [0.15, 0.2) is 48.5 Å². The fraction of sp³-hybridized carbons (Fsp3) is 0.286. The Bertz CT molecular complexity index is 819. The largest absolute Gasteiger partial charge is 0.372 e. The van der Waals surface area contributed by atoms with Crippen molar-refractivity contribution in [1.29, 1.82) is 5.26 Å². The number of rotatable bonds is 7. The Morgan fingerprint density at radius 3 is 2.00 bits per heavy atom. The van der Waals surface area contributed by atoms with Crippen LogP contribution in [-0.4, -0.2) is 31.4 Å². The molecule has 0 atom stereocenters. The van der Waals surface area contributed by atoms with Crippen LogP contribution in [-0.2, 0) is 9.59 Å². The van der Waals surface area contributed by atoms with E-state index < -0.39 is 0 Å². The molecule has 27 heavy (non-hydrogen) atoms. The summed E-state index contributed by atoms with van der Waals surface area (Å²) in [5, 5.41) is 11.7. The van der Waals surface area contributed by atoms with E-state index in [1.54, 1.807) is 24.3 Å². The minimum Gasteiger partial charge on any atom is -0.372 e. The lowest BCUT2D eigenvalue weighted by atomic mass is 10.2. The molecule has 0 heterocycles. The van der Waals surface area contributed by atoms with Gasteiger partial charge in [0.25, 0.3) is 0 Å². The second kappa shape index (κ2) is 9.39. The molecule has 0 saturated carbocycles. The Hall–Kier alpha value is -3.33.